The molecular weight excluding hydrogens is 340 g/mol. The van der Waals surface area contributed by atoms with Gasteiger partial charge in [0.05, 0.1) is 7.11 Å². The van der Waals surface area contributed by atoms with Crippen LogP contribution in [0.3, 0.4) is 0 Å². The summed E-state index contributed by atoms with van der Waals surface area (Å²) in [4.78, 5) is 0. The largest absolute Gasteiger partial charge is 0.501 e. The quantitative estimate of drug-likeness (QED) is 0.831. The average molecular weight is 361 g/mol. The number of hydrogen-bond donors (Lipinski definition) is 1. The van der Waals surface area contributed by atoms with Gasteiger partial charge in [-0.05, 0) is 55.3 Å². The topological polar surface area (TPSA) is 43.2 Å². The number of aryl methyl sites for hydroxylation is 1. The van der Waals surface area contributed by atoms with Gasteiger partial charge < -0.3 is 19.4 Å². The van der Waals surface area contributed by atoms with Crippen LogP contribution < -0.4 is 10.5 Å². The second-order valence-corrected chi connectivity index (χ2v) is 6.63. The number of allylic oxidation sites excluding steroid dienone is 2. The molecule has 2 N–H and O–H groups in total. The number of nitrogens with zero attached hydrogens (tertiary/aromatic N) is 2. The lowest BCUT2D eigenvalue weighted by molar-refractivity contribution is -0.307. The molecule has 0 bridgehead atoms. The predicted molar refractivity (Wildman–Crippen MR) is 108 cm³/mol. The van der Waals surface area contributed by atoms with E-state index in [2.05, 4.69) is 35.6 Å². The van der Waals surface area contributed by atoms with Crippen LogP contribution in [0, 0.1) is 12.7 Å². The van der Waals surface area contributed by atoms with Gasteiger partial charge in [0, 0.05) is 29.1 Å². The van der Waals surface area contributed by atoms with Crippen LogP contribution in [-0.4, -0.2) is 36.4 Å². The summed E-state index contributed by atoms with van der Waals surface area (Å²) in [7, 11) is 3.56. The molecule has 0 saturated heterocycles. The Morgan fingerprint density at radius 3 is 2.93 bits per heavy atom. The lowest BCUT2D eigenvalue weighted by atomic mass is 9.94. The Hall–Kier alpha value is -2.86. The Labute approximate surface area is 159 Å². The number of rotatable bonds is 5. The Balaban J connectivity index is 1.74. The van der Waals surface area contributed by atoms with Gasteiger partial charge in [-0.1, -0.05) is 12.1 Å². The summed E-state index contributed by atoms with van der Waals surface area (Å²) in [5, 5.41) is 0. The molecule has 136 valence electrons. The molecule has 4 rings (SSSR count). The zero-order valence-electron chi connectivity index (χ0n) is 15.4. The molecule has 2 aliphatic heterocycles. The molecule has 1 aromatic heterocycles. The van der Waals surface area contributed by atoms with Crippen LogP contribution >= 0.6 is 0 Å². The fourth-order valence-corrected chi connectivity index (χ4v) is 3.66. The van der Waals surface area contributed by atoms with Crippen molar-refractivity contribution < 1.29 is 13.6 Å². The minimum atomic E-state index is -0.361. The number of ether oxygens (including phenoxy) is 1. The van der Waals surface area contributed by atoms with Crippen molar-refractivity contribution in [2.45, 2.75) is 13.3 Å². The summed E-state index contributed by atoms with van der Waals surface area (Å²) in [6.07, 6.45) is 11.0. The molecule has 6 heteroatoms. The Morgan fingerprint density at radius 1 is 1.30 bits per heavy atom. The molecule has 0 fully saturated rings. The summed E-state index contributed by atoms with van der Waals surface area (Å²) in [5.41, 5.74) is 12.6. The number of hydrogen-bond acceptors (Lipinski definition) is 2. The molecule has 2 aromatic rings. The van der Waals surface area contributed by atoms with Gasteiger partial charge in [0.1, 0.15) is 6.21 Å². The highest BCUT2D eigenvalue weighted by Gasteiger charge is 2.24. The fourth-order valence-electron chi connectivity index (χ4n) is 3.66. The summed E-state index contributed by atoms with van der Waals surface area (Å²) in [6.45, 7) is 2.72. The van der Waals surface area contributed by atoms with Gasteiger partial charge in [-0.25, -0.2) is 4.39 Å². The highest BCUT2D eigenvalue weighted by atomic mass is 19.1. The van der Waals surface area contributed by atoms with E-state index in [9.17, 15) is 4.39 Å². The minimum absolute atomic E-state index is 0.243. The Bertz CT molecular complexity index is 1030. The predicted octanol–water partition coefficient (Wildman–Crippen LogP) is 3.22. The van der Waals surface area contributed by atoms with Crippen molar-refractivity contribution in [2.24, 2.45) is 5.73 Å². The number of methoxy groups -OCH3 is 1. The van der Waals surface area contributed by atoms with Crippen LogP contribution in [0.1, 0.15) is 28.9 Å². The van der Waals surface area contributed by atoms with Gasteiger partial charge in [0.2, 0.25) is 7.55 Å². The van der Waals surface area contributed by atoms with Crippen molar-refractivity contribution >= 4 is 31.5 Å². The normalized spacial score (nSPS) is 15.3. The molecule has 2 aliphatic rings. The maximum atomic E-state index is 13.6. The zero-order chi connectivity index (χ0) is 19.0. The molecule has 3 heterocycles. The van der Waals surface area contributed by atoms with Crippen LogP contribution in [0.25, 0.3) is 17.7 Å². The van der Waals surface area contributed by atoms with Gasteiger partial charge in [-0.3, -0.25) is 0 Å². The van der Waals surface area contributed by atoms with E-state index in [0.717, 1.165) is 17.7 Å². The van der Waals surface area contributed by atoms with Crippen molar-refractivity contribution in [3.63, 3.8) is 0 Å². The van der Waals surface area contributed by atoms with Crippen molar-refractivity contribution in [1.82, 2.24) is 4.48 Å². The molecule has 0 unspecified atom stereocenters. The first kappa shape index (κ1) is 17.6. The van der Waals surface area contributed by atoms with E-state index in [1.165, 1.54) is 35.7 Å². The first-order valence-corrected chi connectivity index (χ1v) is 8.94. The highest BCUT2D eigenvalue weighted by molar-refractivity contribution is 6.28. The van der Waals surface area contributed by atoms with E-state index in [0.29, 0.717) is 6.54 Å². The monoisotopic (exact) mass is 361 g/mol. The van der Waals surface area contributed by atoms with Crippen LogP contribution in [0.15, 0.2) is 42.1 Å². The number of aromatic nitrogens is 1. The molecule has 27 heavy (non-hydrogen) atoms. The maximum Gasteiger partial charge on any atom is 0.221 e. The van der Waals surface area contributed by atoms with Crippen molar-refractivity contribution in [1.29, 1.82) is 0 Å². The van der Waals surface area contributed by atoms with Crippen molar-refractivity contribution in [2.75, 3.05) is 13.7 Å². The molecule has 0 amide bonds. The fraction of sp³-hybridized carbons (Fsp3) is 0.190. The lowest BCUT2D eigenvalue weighted by Crippen LogP contribution is -2.30. The van der Waals surface area contributed by atoms with Crippen molar-refractivity contribution in [3.05, 3.63) is 70.4 Å². The standard InChI is InChI=1S/C21H21BFN3O/c1-14-12-16(7-5-15-6-8-18(23)20(13-15)27-2)26-21(14)17(9-10-24)19-4-3-11-25(19)22-26/h3-8,11-13H,9-10,24H2,1-2H3. The van der Waals surface area contributed by atoms with Gasteiger partial charge in [0.25, 0.3) is 0 Å². The van der Waals surface area contributed by atoms with Crippen molar-refractivity contribution in [3.8, 4) is 5.75 Å². The second kappa shape index (κ2) is 7.04. The molecule has 0 aliphatic carbocycles. The lowest BCUT2D eigenvalue weighted by Gasteiger charge is -2.29. The SMILES string of the molecule is COc1cc(C=Cc2cc(C)c3n2[B-][N+]2=CC=CC2=C3CCN)ccc1F. The van der Waals surface area contributed by atoms with Gasteiger partial charge >= 0.3 is 0 Å². The van der Waals surface area contributed by atoms with E-state index >= 15 is 0 Å². The minimum Gasteiger partial charge on any atom is -0.501 e. The van der Waals surface area contributed by atoms with Crippen LogP contribution in [0.5, 0.6) is 5.75 Å². The van der Waals surface area contributed by atoms with Gasteiger partial charge in [0.15, 0.2) is 17.3 Å². The summed E-state index contributed by atoms with van der Waals surface area (Å²) >= 11 is 0. The molecule has 0 atom stereocenters. The second-order valence-electron chi connectivity index (χ2n) is 6.63. The van der Waals surface area contributed by atoms with Gasteiger partial charge in [-0.2, -0.15) is 0 Å². The van der Waals surface area contributed by atoms with E-state index in [1.54, 1.807) is 12.1 Å². The number of nitrogens with two attached hydrogens (primary N) is 1. The molecule has 4 nitrogen and oxygen atoms in total. The summed E-state index contributed by atoms with van der Waals surface area (Å²) in [6, 6.07) is 7.01. The van der Waals surface area contributed by atoms with Crippen LogP contribution in [0.4, 0.5) is 4.39 Å². The molecule has 1 aromatic carbocycles. The van der Waals surface area contributed by atoms with Gasteiger partial charge in [-0.15, -0.1) is 0 Å². The number of benzene rings is 1. The summed E-state index contributed by atoms with van der Waals surface area (Å²) < 4.78 is 23.0. The van der Waals surface area contributed by atoms with Crippen LogP contribution in [0.2, 0.25) is 0 Å². The third kappa shape index (κ3) is 3.06. The molecule has 0 saturated carbocycles. The molecular formula is C21H21BFN3O. The van der Waals surface area contributed by atoms with E-state index in [4.69, 9.17) is 10.5 Å². The third-order valence-corrected chi connectivity index (χ3v) is 4.89. The highest BCUT2D eigenvalue weighted by Crippen LogP contribution is 2.33. The Kier molecular flexibility index (Phi) is 4.58. The zero-order valence-corrected chi connectivity index (χ0v) is 15.4. The maximum absolute atomic E-state index is 13.6. The number of halogens is 1. The van der Waals surface area contributed by atoms with Crippen LogP contribution in [-0.2, 0) is 0 Å². The van der Waals surface area contributed by atoms with E-state index in [1.807, 2.05) is 24.4 Å². The average Bonchev–Trinajstić information content (AvgIpc) is 3.26. The third-order valence-electron chi connectivity index (χ3n) is 4.89. The first-order chi connectivity index (χ1) is 13.1. The Morgan fingerprint density at radius 2 is 2.15 bits per heavy atom. The summed E-state index contributed by atoms with van der Waals surface area (Å²) in [5.74, 6) is -0.118. The first-order valence-electron chi connectivity index (χ1n) is 8.94. The number of fused-ring (bicyclic) bond motifs is 2. The molecule has 2 radical (unpaired) electrons. The molecule has 0 spiro atoms. The van der Waals surface area contributed by atoms with E-state index in [-0.39, 0.29) is 11.6 Å². The smallest absolute Gasteiger partial charge is 0.221 e. The van der Waals surface area contributed by atoms with E-state index < -0.39 is 0 Å².